The van der Waals surface area contributed by atoms with Crippen molar-refractivity contribution in [2.45, 2.75) is 13.8 Å². The number of likely N-dealkylation sites (tertiary alicyclic amines) is 1. The Kier molecular flexibility index (Phi) is 3.33. The van der Waals surface area contributed by atoms with E-state index in [1.54, 1.807) is 6.20 Å². The van der Waals surface area contributed by atoms with Crippen LogP contribution in [0.5, 0.6) is 0 Å². The number of hydrogen-bond donors (Lipinski definition) is 1. The molecule has 1 aliphatic carbocycles. The number of fused-ring (bicyclic) bond motifs is 1. The number of pyridine rings is 1. The fourth-order valence-electron chi connectivity index (χ4n) is 3.69. The van der Waals surface area contributed by atoms with E-state index >= 15 is 0 Å². The number of anilines is 1. The zero-order valence-corrected chi connectivity index (χ0v) is 13.5. The highest BCUT2D eigenvalue weighted by Crippen LogP contribution is 2.51. The van der Waals surface area contributed by atoms with E-state index in [2.05, 4.69) is 24.1 Å². The third-order valence-electron chi connectivity index (χ3n) is 5.34. The number of aromatic nitrogens is 1. The molecule has 0 bridgehead atoms. The predicted octanol–water partition coefficient (Wildman–Crippen LogP) is 3.79. The van der Waals surface area contributed by atoms with Crippen molar-refractivity contribution in [2.24, 2.45) is 17.8 Å². The maximum absolute atomic E-state index is 12.4. The van der Waals surface area contributed by atoms with Crippen molar-refractivity contribution < 1.29 is 4.79 Å². The van der Waals surface area contributed by atoms with Crippen LogP contribution in [0, 0.1) is 24.7 Å². The molecule has 1 aromatic heterocycles. The van der Waals surface area contributed by atoms with Crippen LogP contribution >= 0.6 is 0 Å². The third kappa shape index (κ3) is 2.58. The van der Waals surface area contributed by atoms with E-state index in [0.29, 0.717) is 0 Å². The molecule has 118 valence electrons. The standard InChI is InChI=1S/C19H21N3O/c1-12-6-7-14(9-15(12)18-5-3-4-8-20-18)21-19(23)22-10-16-13(2)17(16)11-22/h3-9,13,16-17H,10-11H2,1-2H3,(H,21,23). The highest BCUT2D eigenvalue weighted by molar-refractivity contribution is 5.90. The largest absolute Gasteiger partial charge is 0.324 e. The average Bonchev–Trinajstić information content (AvgIpc) is 2.99. The smallest absolute Gasteiger partial charge is 0.321 e. The van der Waals surface area contributed by atoms with Crippen molar-refractivity contribution in [3.05, 3.63) is 48.2 Å². The molecular weight excluding hydrogens is 286 g/mol. The second-order valence-electron chi connectivity index (χ2n) is 6.77. The van der Waals surface area contributed by atoms with Crippen molar-refractivity contribution in [1.82, 2.24) is 9.88 Å². The number of piperidine rings is 1. The molecule has 2 fully saturated rings. The van der Waals surface area contributed by atoms with Gasteiger partial charge in [-0.2, -0.15) is 0 Å². The fraction of sp³-hybridized carbons (Fsp3) is 0.368. The molecule has 2 aliphatic rings. The number of nitrogens with zero attached hydrogens (tertiary/aromatic N) is 2. The summed E-state index contributed by atoms with van der Waals surface area (Å²) in [7, 11) is 0. The topological polar surface area (TPSA) is 45.2 Å². The Balaban J connectivity index is 1.50. The van der Waals surface area contributed by atoms with E-state index in [-0.39, 0.29) is 6.03 Å². The molecule has 1 aliphatic heterocycles. The first kappa shape index (κ1) is 14.2. The van der Waals surface area contributed by atoms with E-state index < -0.39 is 0 Å². The Morgan fingerprint density at radius 1 is 1.22 bits per heavy atom. The molecule has 2 amide bonds. The Labute approximate surface area is 136 Å². The first-order valence-corrected chi connectivity index (χ1v) is 8.21. The van der Waals surface area contributed by atoms with Gasteiger partial charge in [-0.1, -0.05) is 19.1 Å². The lowest BCUT2D eigenvalue weighted by atomic mass is 10.0. The van der Waals surface area contributed by atoms with Gasteiger partial charge in [0.1, 0.15) is 0 Å². The SMILES string of the molecule is Cc1ccc(NC(=O)N2CC3C(C)C3C2)cc1-c1ccccn1. The minimum Gasteiger partial charge on any atom is -0.324 e. The minimum absolute atomic E-state index is 0.0141. The Morgan fingerprint density at radius 2 is 2.00 bits per heavy atom. The van der Waals surface area contributed by atoms with Gasteiger partial charge in [0.05, 0.1) is 5.69 Å². The summed E-state index contributed by atoms with van der Waals surface area (Å²) in [5, 5.41) is 3.04. The van der Waals surface area contributed by atoms with Crippen molar-refractivity contribution in [1.29, 1.82) is 0 Å². The first-order valence-electron chi connectivity index (χ1n) is 8.21. The van der Waals surface area contributed by atoms with Gasteiger partial charge in [0.25, 0.3) is 0 Å². The second-order valence-corrected chi connectivity index (χ2v) is 6.77. The second kappa shape index (κ2) is 5.37. The molecule has 2 aromatic rings. The number of aryl methyl sites for hydroxylation is 1. The molecule has 4 heteroatoms. The molecule has 2 atom stereocenters. The van der Waals surface area contributed by atoms with E-state index in [1.165, 1.54) is 0 Å². The fourth-order valence-corrected chi connectivity index (χ4v) is 3.69. The summed E-state index contributed by atoms with van der Waals surface area (Å²) < 4.78 is 0. The number of amides is 2. The number of carbonyl (C=O) groups excluding carboxylic acids is 1. The van der Waals surface area contributed by atoms with Crippen LogP contribution in [0.3, 0.4) is 0 Å². The van der Waals surface area contributed by atoms with Crippen LogP contribution in [0.15, 0.2) is 42.6 Å². The maximum atomic E-state index is 12.4. The van der Waals surface area contributed by atoms with E-state index in [9.17, 15) is 4.79 Å². The van der Waals surface area contributed by atoms with Crippen LogP contribution in [0.25, 0.3) is 11.3 Å². The molecule has 1 N–H and O–H groups in total. The monoisotopic (exact) mass is 307 g/mol. The molecule has 4 nitrogen and oxygen atoms in total. The van der Waals surface area contributed by atoms with Gasteiger partial charge >= 0.3 is 6.03 Å². The molecule has 23 heavy (non-hydrogen) atoms. The van der Waals surface area contributed by atoms with Crippen LogP contribution in [0.4, 0.5) is 10.5 Å². The van der Waals surface area contributed by atoms with Crippen LogP contribution < -0.4 is 5.32 Å². The van der Waals surface area contributed by atoms with Gasteiger partial charge in [-0.3, -0.25) is 4.98 Å². The zero-order valence-electron chi connectivity index (χ0n) is 13.5. The summed E-state index contributed by atoms with van der Waals surface area (Å²) in [6, 6.07) is 11.9. The maximum Gasteiger partial charge on any atom is 0.321 e. The molecule has 4 rings (SSSR count). The van der Waals surface area contributed by atoms with E-state index in [4.69, 9.17) is 0 Å². The van der Waals surface area contributed by atoms with Crippen LogP contribution in [-0.2, 0) is 0 Å². The lowest BCUT2D eigenvalue weighted by Gasteiger charge is -2.20. The van der Waals surface area contributed by atoms with Crippen molar-refractivity contribution in [2.75, 3.05) is 18.4 Å². The molecule has 2 unspecified atom stereocenters. The lowest BCUT2D eigenvalue weighted by Crippen LogP contribution is -2.35. The summed E-state index contributed by atoms with van der Waals surface area (Å²) in [6.45, 7) is 6.14. The van der Waals surface area contributed by atoms with Gasteiger partial charge < -0.3 is 10.2 Å². The molecule has 0 radical (unpaired) electrons. The molecule has 1 saturated carbocycles. The number of urea groups is 1. The highest BCUT2D eigenvalue weighted by Gasteiger charge is 2.53. The Hall–Kier alpha value is -2.36. The average molecular weight is 307 g/mol. The van der Waals surface area contributed by atoms with Gasteiger partial charge in [-0.25, -0.2) is 4.79 Å². The summed E-state index contributed by atoms with van der Waals surface area (Å²) in [6.07, 6.45) is 1.79. The first-order chi connectivity index (χ1) is 11.1. The van der Waals surface area contributed by atoms with Crippen molar-refractivity contribution >= 4 is 11.7 Å². The van der Waals surface area contributed by atoms with Gasteiger partial charge in [-0.15, -0.1) is 0 Å². The lowest BCUT2D eigenvalue weighted by molar-refractivity contribution is 0.215. The quantitative estimate of drug-likeness (QED) is 0.917. The summed E-state index contributed by atoms with van der Waals surface area (Å²) in [5.41, 5.74) is 3.96. The van der Waals surface area contributed by atoms with Gasteiger partial charge in [0.15, 0.2) is 0 Å². The molecule has 0 spiro atoms. The van der Waals surface area contributed by atoms with Crippen LogP contribution in [0.2, 0.25) is 0 Å². The zero-order chi connectivity index (χ0) is 16.0. The number of carbonyl (C=O) groups is 1. The summed E-state index contributed by atoms with van der Waals surface area (Å²) in [5.74, 6) is 2.25. The van der Waals surface area contributed by atoms with E-state index in [1.807, 2.05) is 41.3 Å². The third-order valence-corrected chi connectivity index (χ3v) is 5.34. The summed E-state index contributed by atoms with van der Waals surface area (Å²) in [4.78, 5) is 18.8. The molecule has 1 saturated heterocycles. The molecular formula is C19H21N3O. The summed E-state index contributed by atoms with van der Waals surface area (Å²) >= 11 is 0. The Morgan fingerprint density at radius 3 is 2.70 bits per heavy atom. The minimum atomic E-state index is 0.0141. The number of benzene rings is 1. The van der Waals surface area contributed by atoms with Gasteiger partial charge in [0, 0.05) is 30.5 Å². The van der Waals surface area contributed by atoms with Crippen LogP contribution in [0.1, 0.15) is 12.5 Å². The Bertz CT molecular complexity index is 732. The normalized spacial score (nSPS) is 25.1. The molecule has 2 heterocycles. The van der Waals surface area contributed by atoms with E-state index in [0.717, 1.165) is 53.4 Å². The van der Waals surface area contributed by atoms with Crippen molar-refractivity contribution in [3.63, 3.8) is 0 Å². The van der Waals surface area contributed by atoms with Gasteiger partial charge in [0.2, 0.25) is 0 Å². The highest BCUT2D eigenvalue weighted by atomic mass is 16.2. The number of nitrogens with one attached hydrogen (secondary N) is 1. The predicted molar refractivity (Wildman–Crippen MR) is 91.1 cm³/mol. The number of rotatable bonds is 2. The number of hydrogen-bond acceptors (Lipinski definition) is 2. The van der Waals surface area contributed by atoms with Gasteiger partial charge in [-0.05, 0) is 54.5 Å². The molecule has 1 aromatic carbocycles. The van der Waals surface area contributed by atoms with Crippen molar-refractivity contribution in [3.8, 4) is 11.3 Å². The van der Waals surface area contributed by atoms with Crippen LogP contribution in [-0.4, -0.2) is 29.0 Å².